The molecule has 0 aliphatic rings. The molecule has 0 aromatic carbocycles. The van der Waals surface area contributed by atoms with Crippen molar-refractivity contribution in [1.29, 1.82) is 0 Å². The molecule has 0 aliphatic carbocycles. The molecule has 0 saturated carbocycles. The van der Waals surface area contributed by atoms with E-state index in [2.05, 4.69) is 9.72 Å². The van der Waals surface area contributed by atoms with Crippen molar-refractivity contribution >= 4 is 29.7 Å². The zero-order valence-corrected chi connectivity index (χ0v) is 6.76. The highest BCUT2D eigenvalue weighted by molar-refractivity contribution is 6.34. The average Bonchev–Trinajstić information content (AvgIpc) is 1.85. The molecule has 1 aromatic rings. The molecule has 0 atom stereocenters. The molecule has 0 saturated heterocycles. The average molecular weight is 192 g/mol. The number of carbonyl (C=O) groups is 1. The fourth-order valence-corrected chi connectivity index (χ4v) is 1.01. The molecule has 58 valence electrons. The Morgan fingerprint density at radius 1 is 1.45 bits per heavy atom. The maximum atomic E-state index is 9.85. The monoisotopic (exact) mass is 191 g/mol. The molecular weight excluding hydrogens is 189 g/mol. The van der Waals surface area contributed by atoms with E-state index in [4.69, 9.17) is 23.2 Å². The van der Waals surface area contributed by atoms with Crippen LogP contribution in [0.2, 0.25) is 10.2 Å². The van der Waals surface area contributed by atoms with Crippen molar-refractivity contribution in [1.82, 2.24) is 4.98 Å². The normalized spacial score (nSPS) is 9.27. The molecule has 0 bridgehead atoms. The van der Waals surface area contributed by atoms with Gasteiger partial charge in [-0.2, -0.15) is 0 Å². The minimum Gasteiger partial charge on any atom is -0.410 e. The molecule has 0 spiro atoms. The first kappa shape index (κ1) is 8.30. The maximum absolute atomic E-state index is 9.85. The fraction of sp³-hybridized carbons (Fsp3) is 0. The summed E-state index contributed by atoms with van der Waals surface area (Å²) >= 11 is 11.1. The second kappa shape index (κ2) is 3.55. The van der Waals surface area contributed by atoms with Crippen LogP contribution in [0, 0.1) is 0 Å². The Morgan fingerprint density at radius 3 is 2.73 bits per heavy atom. The maximum Gasteiger partial charge on any atom is 0.299 e. The van der Waals surface area contributed by atoms with Crippen LogP contribution < -0.4 is 4.74 Å². The Labute approximate surface area is 72.9 Å². The van der Waals surface area contributed by atoms with Crippen LogP contribution in [0.4, 0.5) is 0 Å². The molecule has 1 aromatic heterocycles. The van der Waals surface area contributed by atoms with Crippen LogP contribution in [0.1, 0.15) is 0 Å². The van der Waals surface area contributed by atoms with E-state index >= 15 is 0 Å². The van der Waals surface area contributed by atoms with Gasteiger partial charge in [-0.3, -0.25) is 4.79 Å². The fourth-order valence-electron chi connectivity index (χ4n) is 0.553. The molecular formula is C6H3Cl2NO2. The number of pyridine rings is 1. The summed E-state index contributed by atoms with van der Waals surface area (Å²) in [6.07, 6.45) is 0. The van der Waals surface area contributed by atoms with Crippen LogP contribution in [0.15, 0.2) is 12.1 Å². The highest BCUT2D eigenvalue weighted by Crippen LogP contribution is 2.19. The van der Waals surface area contributed by atoms with E-state index in [9.17, 15) is 4.79 Å². The van der Waals surface area contributed by atoms with Crippen molar-refractivity contribution in [3.63, 3.8) is 0 Å². The predicted octanol–water partition coefficient (Wildman–Crippen LogP) is 1.92. The SMILES string of the molecule is O=COc1cc(Cl)cc(Cl)n1. The van der Waals surface area contributed by atoms with Gasteiger partial charge in [0.05, 0.1) is 0 Å². The van der Waals surface area contributed by atoms with Gasteiger partial charge in [0, 0.05) is 11.1 Å². The lowest BCUT2D eigenvalue weighted by Crippen LogP contribution is -1.91. The molecule has 3 nitrogen and oxygen atoms in total. The van der Waals surface area contributed by atoms with Gasteiger partial charge in [0.2, 0.25) is 5.88 Å². The van der Waals surface area contributed by atoms with Crippen LogP contribution in [0.5, 0.6) is 5.88 Å². The first-order chi connectivity index (χ1) is 5.22. The summed E-state index contributed by atoms with van der Waals surface area (Å²) in [5, 5.41) is 0.566. The first-order valence-corrected chi connectivity index (χ1v) is 3.41. The third-order valence-corrected chi connectivity index (χ3v) is 1.32. The van der Waals surface area contributed by atoms with Gasteiger partial charge in [-0.15, -0.1) is 0 Å². The molecule has 0 fully saturated rings. The predicted molar refractivity (Wildman–Crippen MR) is 40.9 cm³/mol. The van der Waals surface area contributed by atoms with Crippen LogP contribution in [-0.2, 0) is 4.79 Å². The van der Waals surface area contributed by atoms with Crippen LogP contribution in [0.25, 0.3) is 0 Å². The molecule has 1 heterocycles. The lowest BCUT2D eigenvalue weighted by Gasteiger charge is -1.96. The number of aromatic nitrogens is 1. The van der Waals surface area contributed by atoms with Gasteiger partial charge in [-0.05, 0) is 6.07 Å². The van der Waals surface area contributed by atoms with Crippen molar-refractivity contribution in [3.05, 3.63) is 22.3 Å². The van der Waals surface area contributed by atoms with Crippen molar-refractivity contribution in [2.24, 2.45) is 0 Å². The van der Waals surface area contributed by atoms with Crippen molar-refractivity contribution in [2.75, 3.05) is 0 Å². The summed E-state index contributed by atoms with van der Waals surface area (Å²) in [6.45, 7) is 0.259. The number of hydrogen-bond acceptors (Lipinski definition) is 3. The Balaban J connectivity index is 2.98. The van der Waals surface area contributed by atoms with Gasteiger partial charge >= 0.3 is 0 Å². The second-order valence-electron chi connectivity index (χ2n) is 1.66. The summed E-state index contributed by atoms with van der Waals surface area (Å²) in [6, 6.07) is 2.84. The van der Waals surface area contributed by atoms with Crippen molar-refractivity contribution in [3.8, 4) is 5.88 Å². The summed E-state index contributed by atoms with van der Waals surface area (Å²) < 4.78 is 4.41. The molecule has 0 unspecified atom stereocenters. The number of halogens is 2. The third-order valence-electron chi connectivity index (χ3n) is 0.904. The Kier molecular flexibility index (Phi) is 2.68. The Bertz CT molecular complexity index is 257. The zero-order chi connectivity index (χ0) is 8.27. The van der Waals surface area contributed by atoms with Gasteiger partial charge in [-0.25, -0.2) is 4.98 Å². The standard InChI is InChI=1S/C6H3Cl2NO2/c7-4-1-5(8)9-6(2-4)11-3-10/h1-3H. The highest BCUT2D eigenvalue weighted by Gasteiger charge is 1.98. The summed E-state index contributed by atoms with van der Waals surface area (Å²) in [4.78, 5) is 13.5. The first-order valence-electron chi connectivity index (χ1n) is 2.66. The van der Waals surface area contributed by atoms with Crippen molar-refractivity contribution < 1.29 is 9.53 Å². The van der Waals surface area contributed by atoms with E-state index in [0.717, 1.165) is 0 Å². The largest absolute Gasteiger partial charge is 0.410 e. The quantitative estimate of drug-likeness (QED) is 0.530. The minimum absolute atomic E-state index is 0.0949. The number of nitrogens with zero attached hydrogens (tertiary/aromatic N) is 1. The van der Waals surface area contributed by atoms with Crippen LogP contribution >= 0.6 is 23.2 Å². The molecule has 5 heteroatoms. The van der Waals surface area contributed by atoms with Crippen LogP contribution in [-0.4, -0.2) is 11.5 Å². The van der Waals surface area contributed by atoms with Gasteiger partial charge in [0.15, 0.2) is 0 Å². The number of hydrogen-bond donors (Lipinski definition) is 0. The molecule has 0 N–H and O–H groups in total. The zero-order valence-electron chi connectivity index (χ0n) is 5.25. The highest BCUT2D eigenvalue weighted by atomic mass is 35.5. The molecule has 0 amide bonds. The molecule has 0 aliphatic heterocycles. The lowest BCUT2D eigenvalue weighted by atomic mass is 10.5. The summed E-state index contributed by atoms with van der Waals surface area (Å²) in [5.74, 6) is 0.0949. The van der Waals surface area contributed by atoms with E-state index < -0.39 is 0 Å². The summed E-state index contributed by atoms with van der Waals surface area (Å²) in [7, 11) is 0. The molecule has 1 rings (SSSR count). The number of ether oxygens (including phenoxy) is 1. The van der Waals surface area contributed by atoms with E-state index in [-0.39, 0.29) is 17.5 Å². The second-order valence-corrected chi connectivity index (χ2v) is 2.48. The molecule has 11 heavy (non-hydrogen) atoms. The van der Waals surface area contributed by atoms with E-state index in [1.807, 2.05) is 0 Å². The summed E-state index contributed by atoms with van der Waals surface area (Å²) in [5.41, 5.74) is 0. The Morgan fingerprint density at radius 2 is 2.18 bits per heavy atom. The third kappa shape index (κ3) is 2.37. The molecule has 0 radical (unpaired) electrons. The van der Waals surface area contributed by atoms with Crippen molar-refractivity contribution in [2.45, 2.75) is 0 Å². The van der Waals surface area contributed by atoms with Gasteiger partial charge in [0.1, 0.15) is 5.15 Å². The van der Waals surface area contributed by atoms with Crippen LogP contribution in [0.3, 0.4) is 0 Å². The number of carbonyl (C=O) groups excluding carboxylic acids is 1. The lowest BCUT2D eigenvalue weighted by molar-refractivity contribution is -0.120. The Hall–Kier alpha value is -0.800. The minimum atomic E-state index is 0.0949. The topological polar surface area (TPSA) is 39.2 Å². The number of rotatable bonds is 2. The van der Waals surface area contributed by atoms with E-state index in [1.165, 1.54) is 12.1 Å². The van der Waals surface area contributed by atoms with E-state index in [1.54, 1.807) is 0 Å². The van der Waals surface area contributed by atoms with Gasteiger partial charge < -0.3 is 4.74 Å². The van der Waals surface area contributed by atoms with Gasteiger partial charge in [-0.1, -0.05) is 23.2 Å². The smallest absolute Gasteiger partial charge is 0.299 e. The van der Waals surface area contributed by atoms with Gasteiger partial charge in [0.25, 0.3) is 6.47 Å². The van der Waals surface area contributed by atoms with E-state index in [0.29, 0.717) is 5.02 Å².